The number of rotatable bonds is 8. The lowest BCUT2D eigenvalue weighted by Gasteiger charge is -2.27. The van der Waals surface area contributed by atoms with E-state index in [1.54, 1.807) is 12.0 Å². The summed E-state index contributed by atoms with van der Waals surface area (Å²) in [6, 6.07) is 14.4. The Morgan fingerprint density at radius 1 is 1.00 bits per heavy atom. The molecule has 12 heteroatoms. The van der Waals surface area contributed by atoms with Gasteiger partial charge >= 0.3 is 12.2 Å². The topological polar surface area (TPSA) is 135 Å². The molecule has 298 valence electrons. The fourth-order valence-corrected chi connectivity index (χ4v) is 8.57. The quantitative estimate of drug-likeness (QED) is 0.149. The third-order valence-electron chi connectivity index (χ3n) is 11.3. The minimum absolute atomic E-state index is 0.0372. The highest BCUT2D eigenvalue weighted by molar-refractivity contribution is 6.07. The molecule has 2 saturated heterocycles. The van der Waals surface area contributed by atoms with Gasteiger partial charge in [-0.05, 0) is 113 Å². The molecule has 2 aromatic heterocycles. The van der Waals surface area contributed by atoms with Gasteiger partial charge in [-0.25, -0.2) is 19.6 Å². The molecule has 3 aliphatic heterocycles. The number of imidazole rings is 2. The maximum atomic E-state index is 13.4. The first-order valence-corrected chi connectivity index (χ1v) is 19.9. The highest BCUT2D eigenvalue weighted by Crippen LogP contribution is 2.44. The predicted molar refractivity (Wildman–Crippen MR) is 220 cm³/mol. The number of nitrogens with zero attached hydrogens (tertiary/aromatic N) is 4. The molecule has 3 aromatic carbocycles. The molecule has 4 atom stereocenters. The summed E-state index contributed by atoms with van der Waals surface area (Å²) in [6.07, 6.45) is 9.42. The summed E-state index contributed by atoms with van der Waals surface area (Å²) in [4.78, 5) is 47.1. The number of hydrogen-bond acceptors (Lipinski definition) is 8. The standard InChI is InChI=1S/C45H52N6O6/c1-8-10-27(9-2)24-56-44(53)51-26(3)11-16-37(51)42-47-35-15-13-29-19-34-32-14-12-30(18-31(32)25-55-39(34)20-33(29)40(35)49-42)36-21-46-41(48-36)38-17-28(23-54-7)22-50(38)43(52)57-45(4,5)6/h8-10,12-15,18-21,26,28,37-38H,11,16-17,22-25H2,1-7H3,(H,46,48)(H,47,49). The lowest BCUT2D eigenvalue weighted by atomic mass is 9.92. The summed E-state index contributed by atoms with van der Waals surface area (Å²) >= 11 is 0. The van der Waals surface area contributed by atoms with Crippen molar-refractivity contribution in [2.24, 2.45) is 5.92 Å². The Bertz CT molecular complexity index is 2390. The zero-order valence-electron chi connectivity index (χ0n) is 33.8. The van der Waals surface area contributed by atoms with Crippen molar-refractivity contribution in [3.05, 3.63) is 89.7 Å². The Kier molecular flexibility index (Phi) is 10.3. The molecule has 5 heterocycles. The number of fused-ring (bicyclic) bond motifs is 6. The number of aromatic nitrogens is 4. The van der Waals surface area contributed by atoms with Gasteiger partial charge in [-0.15, -0.1) is 0 Å². The smallest absolute Gasteiger partial charge is 0.410 e. The first-order chi connectivity index (χ1) is 27.4. The van der Waals surface area contributed by atoms with E-state index in [4.69, 9.17) is 28.9 Å². The molecule has 0 radical (unpaired) electrons. The van der Waals surface area contributed by atoms with E-state index in [2.05, 4.69) is 59.4 Å². The Hall–Kier alpha value is -5.62. The third-order valence-corrected chi connectivity index (χ3v) is 11.3. The van der Waals surface area contributed by atoms with Gasteiger partial charge in [-0.3, -0.25) is 9.80 Å². The number of H-pyrrole nitrogens is 2. The number of carbonyl (C=O) groups is 2. The monoisotopic (exact) mass is 772 g/mol. The van der Waals surface area contributed by atoms with Crippen LogP contribution in [-0.2, 0) is 20.8 Å². The van der Waals surface area contributed by atoms with Crippen molar-refractivity contribution < 1.29 is 28.5 Å². The summed E-state index contributed by atoms with van der Waals surface area (Å²) in [5, 5.41) is 2.04. The zero-order valence-corrected chi connectivity index (χ0v) is 33.8. The van der Waals surface area contributed by atoms with Crippen molar-refractivity contribution >= 4 is 34.0 Å². The van der Waals surface area contributed by atoms with E-state index in [0.717, 1.165) is 92.0 Å². The largest absolute Gasteiger partial charge is 0.488 e. The van der Waals surface area contributed by atoms with Crippen LogP contribution in [0.1, 0.15) is 90.1 Å². The van der Waals surface area contributed by atoms with Crippen LogP contribution in [0.2, 0.25) is 0 Å². The number of carbonyl (C=O) groups excluding carboxylic acids is 2. The van der Waals surface area contributed by atoms with E-state index in [0.29, 0.717) is 19.8 Å². The molecule has 2 N–H and O–H groups in total. The second kappa shape index (κ2) is 15.4. The van der Waals surface area contributed by atoms with Gasteiger partial charge < -0.3 is 28.9 Å². The summed E-state index contributed by atoms with van der Waals surface area (Å²) in [5.41, 5.74) is 7.18. The van der Waals surface area contributed by atoms with Crippen molar-refractivity contribution in [1.29, 1.82) is 0 Å². The van der Waals surface area contributed by atoms with Crippen LogP contribution in [0.4, 0.5) is 9.59 Å². The van der Waals surface area contributed by atoms with Crippen LogP contribution in [0.15, 0.2) is 72.5 Å². The lowest BCUT2D eigenvalue weighted by Crippen LogP contribution is -2.37. The highest BCUT2D eigenvalue weighted by atomic mass is 16.6. The molecule has 2 fully saturated rings. The Labute approximate surface area is 333 Å². The second-order valence-electron chi connectivity index (χ2n) is 16.5. The normalized spacial score (nSPS) is 21.0. The number of hydrogen-bond donors (Lipinski definition) is 2. The van der Waals surface area contributed by atoms with Gasteiger partial charge in [0.25, 0.3) is 0 Å². The van der Waals surface area contributed by atoms with Gasteiger partial charge in [0.1, 0.15) is 36.2 Å². The molecule has 57 heavy (non-hydrogen) atoms. The van der Waals surface area contributed by atoms with Gasteiger partial charge in [0, 0.05) is 36.6 Å². The Morgan fingerprint density at radius 2 is 1.84 bits per heavy atom. The van der Waals surface area contributed by atoms with Crippen LogP contribution in [0.25, 0.3) is 44.2 Å². The summed E-state index contributed by atoms with van der Waals surface area (Å²) in [5.74, 6) is 2.48. The third kappa shape index (κ3) is 7.50. The van der Waals surface area contributed by atoms with Crippen molar-refractivity contribution in [2.45, 2.75) is 91.1 Å². The minimum Gasteiger partial charge on any atom is -0.488 e. The molecule has 0 bridgehead atoms. The Balaban J connectivity index is 1.04. The van der Waals surface area contributed by atoms with Gasteiger partial charge in [0.05, 0.1) is 41.6 Å². The molecule has 4 unspecified atom stereocenters. The van der Waals surface area contributed by atoms with E-state index in [1.807, 2.05) is 63.9 Å². The number of methoxy groups -OCH3 is 1. The van der Waals surface area contributed by atoms with Gasteiger partial charge in [0.15, 0.2) is 0 Å². The number of likely N-dealkylation sites (tertiary alicyclic amines) is 2. The van der Waals surface area contributed by atoms with Crippen molar-refractivity contribution in [3.63, 3.8) is 0 Å². The van der Waals surface area contributed by atoms with Crippen LogP contribution in [0, 0.1) is 5.92 Å². The SMILES string of the molecule is CC=CC(=CC)COC(=O)N1C(C)CCC1c1nc2c(ccc3cc4c(cc32)OCc2cc(-c3cnc(C5CC(COC)CN5C(=O)OC(C)(C)C)[nH]3)ccc2-4)[nH]1. The molecule has 3 aliphatic rings. The number of ether oxygens (including phenoxy) is 4. The predicted octanol–water partition coefficient (Wildman–Crippen LogP) is 9.79. The first-order valence-electron chi connectivity index (χ1n) is 19.9. The van der Waals surface area contributed by atoms with Gasteiger partial charge in [-0.2, -0.15) is 0 Å². The van der Waals surface area contributed by atoms with Crippen LogP contribution in [0.3, 0.4) is 0 Å². The minimum atomic E-state index is -0.599. The molecule has 5 aromatic rings. The summed E-state index contributed by atoms with van der Waals surface area (Å²) < 4.78 is 23.4. The van der Waals surface area contributed by atoms with Crippen LogP contribution in [0.5, 0.6) is 5.75 Å². The van der Waals surface area contributed by atoms with E-state index < -0.39 is 5.60 Å². The average Bonchev–Trinajstić information content (AvgIpc) is 4.00. The van der Waals surface area contributed by atoms with Gasteiger partial charge in [0.2, 0.25) is 0 Å². The number of benzene rings is 3. The summed E-state index contributed by atoms with van der Waals surface area (Å²) in [7, 11) is 1.69. The molecule has 2 amide bonds. The van der Waals surface area contributed by atoms with E-state index in [1.165, 1.54) is 0 Å². The maximum absolute atomic E-state index is 13.4. The average molecular weight is 773 g/mol. The second-order valence-corrected chi connectivity index (χ2v) is 16.5. The van der Waals surface area contributed by atoms with E-state index in [-0.39, 0.29) is 42.8 Å². The van der Waals surface area contributed by atoms with E-state index in [9.17, 15) is 9.59 Å². The number of aromatic amines is 2. The summed E-state index contributed by atoms with van der Waals surface area (Å²) in [6.45, 7) is 13.3. The number of nitrogens with one attached hydrogen (secondary N) is 2. The molecule has 0 saturated carbocycles. The molecule has 12 nitrogen and oxygen atoms in total. The van der Waals surface area contributed by atoms with Gasteiger partial charge in [-0.1, -0.05) is 36.4 Å². The Morgan fingerprint density at radius 3 is 2.61 bits per heavy atom. The number of allylic oxidation sites excluding steroid dienone is 2. The lowest BCUT2D eigenvalue weighted by molar-refractivity contribution is 0.0208. The molecular weight excluding hydrogens is 721 g/mol. The van der Waals surface area contributed by atoms with E-state index >= 15 is 0 Å². The molecule has 0 aliphatic carbocycles. The molecule has 0 spiro atoms. The van der Waals surface area contributed by atoms with Crippen LogP contribution in [-0.4, -0.2) is 80.4 Å². The highest BCUT2D eigenvalue weighted by Gasteiger charge is 2.41. The fourth-order valence-electron chi connectivity index (χ4n) is 8.57. The molecule has 8 rings (SSSR count). The van der Waals surface area contributed by atoms with Crippen molar-refractivity contribution in [1.82, 2.24) is 29.7 Å². The fraction of sp³-hybridized carbons (Fsp3) is 0.422. The van der Waals surface area contributed by atoms with Crippen molar-refractivity contribution in [3.8, 4) is 28.1 Å². The first kappa shape index (κ1) is 38.3. The van der Waals surface area contributed by atoms with Crippen LogP contribution >= 0.6 is 0 Å². The van der Waals surface area contributed by atoms with Crippen molar-refractivity contribution in [2.75, 3.05) is 26.9 Å². The molecular formula is C45H52N6O6. The number of amides is 2. The zero-order chi connectivity index (χ0) is 40.0. The maximum Gasteiger partial charge on any atom is 0.410 e. The van der Waals surface area contributed by atoms with Crippen LogP contribution < -0.4 is 4.74 Å².